The van der Waals surface area contributed by atoms with E-state index in [9.17, 15) is 18.0 Å². The minimum Gasteiger partial charge on any atom is -0.352 e. The molecular weight excluding hydrogens is 410 g/mol. The lowest BCUT2D eigenvalue weighted by molar-refractivity contribution is -0.122. The zero-order valence-electron chi connectivity index (χ0n) is 13.8. The number of amides is 1. The second-order valence-corrected chi connectivity index (χ2v) is 8.31. The Balaban J connectivity index is 2.33. The van der Waals surface area contributed by atoms with Crippen LogP contribution in [0.25, 0.3) is 0 Å². The van der Waals surface area contributed by atoms with Gasteiger partial charge in [0.25, 0.3) is 5.56 Å². The third-order valence-electron chi connectivity index (χ3n) is 3.55. The van der Waals surface area contributed by atoms with E-state index in [2.05, 4.69) is 26.3 Å². The van der Waals surface area contributed by atoms with Crippen molar-refractivity contribution in [2.75, 3.05) is 0 Å². The predicted octanol–water partition coefficient (Wildman–Crippen LogP) is 1.75. The van der Waals surface area contributed by atoms with Crippen molar-refractivity contribution < 1.29 is 13.2 Å². The van der Waals surface area contributed by atoms with Crippen molar-refractivity contribution in [2.45, 2.75) is 42.8 Å². The fourth-order valence-corrected chi connectivity index (χ4v) is 3.43. The smallest absolute Gasteiger partial charge is 0.267 e. The molecule has 1 aromatic carbocycles. The van der Waals surface area contributed by atoms with E-state index in [0.29, 0.717) is 0 Å². The Morgan fingerprint density at radius 3 is 2.48 bits per heavy atom. The Morgan fingerprint density at radius 2 is 1.88 bits per heavy atom. The molecule has 1 aromatic heterocycles. The second-order valence-electron chi connectivity index (χ2n) is 5.50. The zero-order chi connectivity index (χ0) is 18.6. The molecule has 0 aliphatic rings. The third-order valence-corrected chi connectivity index (χ3v) is 5.74. The van der Waals surface area contributed by atoms with Crippen LogP contribution in [0.4, 0.5) is 0 Å². The summed E-state index contributed by atoms with van der Waals surface area (Å²) >= 11 is 3.24. The van der Waals surface area contributed by atoms with Crippen LogP contribution >= 0.6 is 15.9 Å². The van der Waals surface area contributed by atoms with Crippen LogP contribution < -0.4 is 10.9 Å². The average molecular weight is 428 g/mol. The number of aromatic nitrogens is 2. The average Bonchev–Trinajstić information content (AvgIpc) is 2.56. The summed E-state index contributed by atoms with van der Waals surface area (Å²) in [6, 6.07) is 8.26. The van der Waals surface area contributed by atoms with Crippen molar-refractivity contribution in [3.63, 3.8) is 0 Å². The van der Waals surface area contributed by atoms with Gasteiger partial charge in [-0.25, -0.2) is 13.1 Å². The molecule has 0 aliphatic carbocycles. The number of nitrogens with zero attached hydrogens (tertiary/aromatic N) is 2. The molecule has 1 heterocycles. The summed E-state index contributed by atoms with van der Waals surface area (Å²) < 4.78 is 26.8. The first-order valence-electron chi connectivity index (χ1n) is 7.62. The molecule has 0 bridgehead atoms. The molecule has 0 radical (unpaired) electrons. The van der Waals surface area contributed by atoms with Crippen LogP contribution in [0.1, 0.15) is 20.3 Å². The molecular formula is C16H18BrN3O4S. The van der Waals surface area contributed by atoms with Crippen LogP contribution in [0.15, 0.2) is 55.6 Å². The lowest BCUT2D eigenvalue weighted by Crippen LogP contribution is -2.38. The number of nitrogens with one attached hydrogen (secondary N) is 1. The highest BCUT2D eigenvalue weighted by Gasteiger charge is 2.21. The largest absolute Gasteiger partial charge is 0.352 e. The minimum absolute atomic E-state index is 0.0436. The van der Waals surface area contributed by atoms with Crippen LogP contribution in [0.2, 0.25) is 0 Å². The number of sulfone groups is 1. The molecule has 1 amide bonds. The van der Waals surface area contributed by atoms with Crippen molar-refractivity contribution in [1.82, 2.24) is 15.1 Å². The molecule has 134 valence electrons. The number of carbonyl (C=O) groups excluding carboxylic acids is 1. The summed E-state index contributed by atoms with van der Waals surface area (Å²) in [5.74, 6) is -0.401. The fraction of sp³-hybridized carbons (Fsp3) is 0.312. The Bertz CT molecular complexity index is 923. The summed E-state index contributed by atoms with van der Waals surface area (Å²) in [4.78, 5) is 23.9. The Hall–Kier alpha value is -2.00. The Morgan fingerprint density at radius 1 is 1.24 bits per heavy atom. The number of hydrogen-bond acceptors (Lipinski definition) is 5. The topological polar surface area (TPSA) is 98.1 Å². The van der Waals surface area contributed by atoms with E-state index in [1.165, 1.54) is 12.1 Å². The molecule has 1 atom stereocenters. The summed E-state index contributed by atoms with van der Waals surface area (Å²) in [6.45, 7) is 3.41. The first-order valence-corrected chi connectivity index (χ1v) is 9.90. The second kappa shape index (κ2) is 7.92. The van der Waals surface area contributed by atoms with Crippen molar-refractivity contribution in [3.8, 4) is 0 Å². The van der Waals surface area contributed by atoms with Crippen LogP contribution in [0.5, 0.6) is 0 Å². The highest BCUT2D eigenvalue weighted by molar-refractivity contribution is 9.10. The number of hydrogen-bond donors (Lipinski definition) is 1. The van der Waals surface area contributed by atoms with E-state index >= 15 is 0 Å². The predicted molar refractivity (Wildman–Crippen MR) is 96.0 cm³/mol. The van der Waals surface area contributed by atoms with E-state index < -0.39 is 21.3 Å². The summed E-state index contributed by atoms with van der Waals surface area (Å²) in [7, 11) is -3.88. The summed E-state index contributed by atoms with van der Waals surface area (Å²) in [5, 5.41) is 6.28. The molecule has 0 aliphatic heterocycles. The molecule has 0 fully saturated rings. The molecule has 9 heteroatoms. The molecule has 7 nitrogen and oxygen atoms in total. The summed E-state index contributed by atoms with van der Waals surface area (Å²) in [6.07, 6.45) is 0.742. The number of rotatable bonds is 6. The van der Waals surface area contributed by atoms with E-state index in [1.54, 1.807) is 12.1 Å². The van der Waals surface area contributed by atoms with Gasteiger partial charge in [0.1, 0.15) is 6.54 Å². The maximum Gasteiger partial charge on any atom is 0.267 e. The molecule has 2 aromatic rings. The molecule has 0 saturated heterocycles. The van der Waals surface area contributed by atoms with Gasteiger partial charge in [0.05, 0.1) is 4.90 Å². The van der Waals surface area contributed by atoms with Crippen LogP contribution in [-0.4, -0.2) is 30.1 Å². The van der Waals surface area contributed by atoms with E-state index in [1.807, 2.05) is 13.8 Å². The maximum absolute atomic E-state index is 12.6. The van der Waals surface area contributed by atoms with Crippen LogP contribution in [0.3, 0.4) is 0 Å². The Labute approximate surface area is 154 Å². The van der Waals surface area contributed by atoms with Gasteiger partial charge < -0.3 is 5.32 Å². The van der Waals surface area contributed by atoms with Gasteiger partial charge in [-0.05, 0) is 43.7 Å². The number of carbonyl (C=O) groups is 1. The minimum atomic E-state index is -3.88. The van der Waals surface area contributed by atoms with Gasteiger partial charge in [0.2, 0.25) is 15.7 Å². The van der Waals surface area contributed by atoms with Gasteiger partial charge in [0.15, 0.2) is 5.03 Å². The van der Waals surface area contributed by atoms with Gasteiger partial charge in [-0.2, -0.15) is 5.10 Å². The van der Waals surface area contributed by atoms with Gasteiger partial charge in [-0.1, -0.05) is 22.9 Å². The van der Waals surface area contributed by atoms with E-state index in [-0.39, 0.29) is 22.5 Å². The van der Waals surface area contributed by atoms with Crippen molar-refractivity contribution >= 4 is 31.7 Å². The lowest BCUT2D eigenvalue weighted by Gasteiger charge is -2.12. The number of benzene rings is 1. The van der Waals surface area contributed by atoms with E-state index in [0.717, 1.165) is 27.7 Å². The van der Waals surface area contributed by atoms with Gasteiger partial charge in [-0.3, -0.25) is 9.59 Å². The Kier molecular flexibility index (Phi) is 6.12. The summed E-state index contributed by atoms with van der Waals surface area (Å²) in [5.41, 5.74) is -0.547. The molecule has 0 unspecified atom stereocenters. The maximum atomic E-state index is 12.6. The monoisotopic (exact) mass is 427 g/mol. The quantitative estimate of drug-likeness (QED) is 0.756. The highest BCUT2D eigenvalue weighted by Crippen LogP contribution is 2.20. The normalized spacial score (nSPS) is 12.6. The van der Waals surface area contributed by atoms with Gasteiger partial charge in [-0.15, -0.1) is 0 Å². The van der Waals surface area contributed by atoms with Crippen LogP contribution in [-0.2, 0) is 21.2 Å². The van der Waals surface area contributed by atoms with Crippen LogP contribution in [0, 0.1) is 0 Å². The van der Waals surface area contributed by atoms with E-state index in [4.69, 9.17) is 0 Å². The molecule has 1 N–H and O–H groups in total. The molecule has 2 rings (SSSR count). The van der Waals surface area contributed by atoms with Gasteiger partial charge >= 0.3 is 0 Å². The van der Waals surface area contributed by atoms with Gasteiger partial charge in [0, 0.05) is 16.6 Å². The SMILES string of the molecule is CC[C@H](C)NC(=O)Cn1nc(S(=O)(=O)c2ccc(Br)cc2)ccc1=O. The number of halogens is 1. The molecule has 0 spiro atoms. The van der Waals surface area contributed by atoms with Crippen molar-refractivity contribution in [3.05, 3.63) is 51.2 Å². The molecule has 0 saturated carbocycles. The fourth-order valence-electron chi connectivity index (χ4n) is 1.98. The first-order chi connectivity index (χ1) is 11.7. The lowest BCUT2D eigenvalue weighted by atomic mass is 10.2. The van der Waals surface area contributed by atoms with Crippen molar-refractivity contribution in [2.24, 2.45) is 0 Å². The standard InChI is InChI=1S/C16H18BrN3O4S/c1-3-11(2)18-14(21)10-20-16(22)9-8-15(19-20)25(23,24)13-6-4-12(17)5-7-13/h4-9,11H,3,10H2,1-2H3,(H,18,21)/t11-/m0/s1. The van der Waals surface area contributed by atoms with Crippen molar-refractivity contribution in [1.29, 1.82) is 0 Å². The molecule has 25 heavy (non-hydrogen) atoms. The highest BCUT2D eigenvalue weighted by atomic mass is 79.9. The zero-order valence-corrected chi connectivity index (χ0v) is 16.2. The third kappa shape index (κ3) is 4.76. The first kappa shape index (κ1) is 19.3.